The summed E-state index contributed by atoms with van der Waals surface area (Å²) in [6, 6.07) is 5.22. The van der Waals surface area contributed by atoms with Crippen LogP contribution in [0.2, 0.25) is 0 Å². The second-order valence-corrected chi connectivity index (χ2v) is 4.31. The molecule has 0 fully saturated rings. The van der Waals surface area contributed by atoms with Crippen molar-refractivity contribution in [2.75, 3.05) is 0 Å². The highest BCUT2D eigenvalue weighted by Crippen LogP contribution is 2.28. The number of aromatic hydroxyl groups is 1. The Bertz CT molecular complexity index is 301. The molecule has 0 aliphatic rings. The van der Waals surface area contributed by atoms with Crippen LogP contribution in [-0.4, -0.2) is 5.11 Å². The molecule has 0 amide bonds. The lowest BCUT2D eigenvalue weighted by Crippen LogP contribution is -2.10. The van der Waals surface area contributed by atoms with Crippen molar-refractivity contribution in [1.29, 1.82) is 0 Å². The van der Waals surface area contributed by atoms with Crippen LogP contribution >= 0.6 is 15.9 Å². The van der Waals surface area contributed by atoms with Gasteiger partial charge in [0.15, 0.2) is 0 Å². The Morgan fingerprint density at radius 2 is 2.21 bits per heavy atom. The van der Waals surface area contributed by atoms with Crippen LogP contribution in [0.25, 0.3) is 0 Å². The number of phenols is 1. The van der Waals surface area contributed by atoms with E-state index >= 15 is 0 Å². The number of nitrogens with two attached hydrogens (primary N) is 1. The van der Waals surface area contributed by atoms with Crippen molar-refractivity contribution in [3.63, 3.8) is 0 Å². The standard InChI is InChI=1S/C11H16BrNO/c1-2-3-4-11(13)9-7-8(14)5-6-10(9)12/h5-7,11,14H,2-4,13H2,1H3/t11-/m1/s1. The first kappa shape index (κ1) is 11.5. The molecule has 0 aliphatic carbocycles. The summed E-state index contributed by atoms with van der Waals surface area (Å²) in [5.74, 6) is 0.273. The fourth-order valence-corrected chi connectivity index (χ4v) is 1.94. The van der Waals surface area contributed by atoms with E-state index in [2.05, 4.69) is 22.9 Å². The van der Waals surface area contributed by atoms with E-state index in [0.29, 0.717) is 0 Å². The van der Waals surface area contributed by atoms with Gasteiger partial charge in [-0.1, -0.05) is 35.7 Å². The van der Waals surface area contributed by atoms with Gasteiger partial charge < -0.3 is 10.8 Å². The van der Waals surface area contributed by atoms with Gasteiger partial charge in [0.1, 0.15) is 5.75 Å². The second kappa shape index (κ2) is 5.37. The third-order valence-electron chi connectivity index (χ3n) is 2.25. The molecule has 1 atom stereocenters. The molecule has 0 aliphatic heterocycles. The summed E-state index contributed by atoms with van der Waals surface area (Å²) in [6.07, 6.45) is 3.21. The Labute approximate surface area is 93.3 Å². The van der Waals surface area contributed by atoms with E-state index in [1.807, 2.05) is 6.07 Å². The smallest absolute Gasteiger partial charge is 0.115 e. The molecule has 1 aromatic rings. The van der Waals surface area contributed by atoms with Crippen molar-refractivity contribution in [2.24, 2.45) is 5.73 Å². The van der Waals surface area contributed by atoms with Gasteiger partial charge in [-0.15, -0.1) is 0 Å². The van der Waals surface area contributed by atoms with Gasteiger partial charge in [-0.05, 0) is 30.2 Å². The molecule has 1 aromatic carbocycles. The van der Waals surface area contributed by atoms with Crippen molar-refractivity contribution < 1.29 is 5.11 Å². The second-order valence-electron chi connectivity index (χ2n) is 3.45. The number of rotatable bonds is 4. The Morgan fingerprint density at radius 3 is 2.86 bits per heavy atom. The molecule has 3 heteroatoms. The van der Waals surface area contributed by atoms with Crippen LogP contribution in [-0.2, 0) is 0 Å². The van der Waals surface area contributed by atoms with Crippen molar-refractivity contribution in [3.05, 3.63) is 28.2 Å². The lowest BCUT2D eigenvalue weighted by Gasteiger charge is -2.13. The van der Waals surface area contributed by atoms with Gasteiger partial charge in [-0.2, -0.15) is 0 Å². The van der Waals surface area contributed by atoms with E-state index in [1.165, 1.54) is 0 Å². The number of hydrogen-bond acceptors (Lipinski definition) is 2. The van der Waals surface area contributed by atoms with Gasteiger partial charge in [0, 0.05) is 10.5 Å². The maximum atomic E-state index is 9.34. The van der Waals surface area contributed by atoms with Crippen LogP contribution in [0, 0.1) is 0 Å². The highest BCUT2D eigenvalue weighted by Gasteiger charge is 2.09. The SMILES string of the molecule is CCCC[C@@H](N)c1cc(O)ccc1Br. The molecule has 0 heterocycles. The van der Waals surface area contributed by atoms with Crippen LogP contribution < -0.4 is 5.73 Å². The molecule has 1 rings (SSSR count). The Hall–Kier alpha value is -0.540. The average molecular weight is 258 g/mol. The van der Waals surface area contributed by atoms with Crippen LogP contribution in [0.15, 0.2) is 22.7 Å². The van der Waals surface area contributed by atoms with E-state index in [-0.39, 0.29) is 11.8 Å². The largest absolute Gasteiger partial charge is 0.508 e. The quantitative estimate of drug-likeness (QED) is 0.869. The maximum Gasteiger partial charge on any atom is 0.115 e. The maximum absolute atomic E-state index is 9.34. The zero-order valence-corrected chi connectivity index (χ0v) is 9.92. The molecule has 0 saturated heterocycles. The first-order valence-corrected chi connectivity index (χ1v) is 5.68. The molecule has 78 valence electrons. The van der Waals surface area contributed by atoms with Gasteiger partial charge in [-0.25, -0.2) is 0 Å². The molecule has 0 saturated carbocycles. The summed E-state index contributed by atoms with van der Waals surface area (Å²) < 4.78 is 0.971. The molecule has 0 radical (unpaired) electrons. The van der Waals surface area contributed by atoms with Crippen LogP contribution in [0.1, 0.15) is 37.8 Å². The summed E-state index contributed by atoms with van der Waals surface area (Å²) in [4.78, 5) is 0. The Balaban J connectivity index is 2.77. The summed E-state index contributed by atoms with van der Waals surface area (Å²) in [5, 5.41) is 9.34. The Morgan fingerprint density at radius 1 is 1.50 bits per heavy atom. The third-order valence-corrected chi connectivity index (χ3v) is 2.97. The number of phenolic OH excluding ortho intramolecular Hbond substituents is 1. The fourth-order valence-electron chi connectivity index (χ4n) is 1.39. The third kappa shape index (κ3) is 3.00. The number of unbranched alkanes of at least 4 members (excludes halogenated alkanes) is 1. The lowest BCUT2D eigenvalue weighted by atomic mass is 10.0. The van der Waals surface area contributed by atoms with Crippen LogP contribution in [0.5, 0.6) is 5.75 Å². The van der Waals surface area contributed by atoms with Gasteiger partial charge in [-0.3, -0.25) is 0 Å². The van der Waals surface area contributed by atoms with Gasteiger partial charge in [0.2, 0.25) is 0 Å². The lowest BCUT2D eigenvalue weighted by molar-refractivity contribution is 0.472. The first-order chi connectivity index (χ1) is 6.65. The van der Waals surface area contributed by atoms with Crippen LogP contribution in [0.4, 0.5) is 0 Å². The average Bonchev–Trinajstić information content (AvgIpc) is 2.18. The van der Waals surface area contributed by atoms with E-state index in [1.54, 1.807) is 12.1 Å². The molecule has 0 unspecified atom stereocenters. The van der Waals surface area contributed by atoms with Crippen molar-refractivity contribution in [3.8, 4) is 5.75 Å². The topological polar surface area (TPSA) is 46.2 Å². The number of benzene rings is 1. The van der Waals surface area contributed by atoms with Crippen LogP contribution in [0.3, 0.4) is 0 Å². The number of hydrogen-bond donors (Lipinski definition) is 2. The van der Waals surface area contributed by atoms with Gasteiger partial charge in [0.05, 0.1) is 0 Å². The minimum atomic E-state index is 0.0106. The zero-order chi connectivity index (χ0) is 10.6. The van der Waals surface area contributed by atoms with E-state index in [0.717, 1.165) is 29.3 Å². The van der Waals surface area contributed by atoms with Gasteiger partial charge >= 0.3 is 0 Å². The molecule has 3 N–H and O–H groups in total. The highest BCUT2D eigenvalue weighted by atomic mass is 79.9. The molecule has 14 heavy (non-hydrogen) atoms. The monoisotopic (exact) mass is 257 g/mol. The van der Waals surface area contributed by atoms with E-state index in [9.17, 15) is 5.11 Å². The molecule has 0 spiro atoms. The zero-order valence-electron chi connectivity index (χ0n) is 8.33. The predicted molar refractivity (Wildman–Crippen MR) is 62.3 cm³/mol. The van der Waals surface area contributed by atoms with Crippen molar-refractivity contribution in [1.82, 2.24) is 0 Å². The summed E-state index contributed by atoms with van der Waals surface area (Å²) in [5.41, 5.74) is 6.99. The fraction of sp³-hybridized carbons (Fsp3) is 0.455. The molecular weight excluding hydrogens is 242 g/mol. The van der Waals surface area contributed by atoms with E-state index < -0.39 is 0 Å². The number of halogens is 1. The summed E-state index contributed by atoms with van der Waals surface area (Å²) in [6.45, 7) is 2.14. The minimum Gasteiger partial charge on any atom is -0.508 e. The molecule has 0 bridgehead atoms. The van der Waals surface area contributed by atoms with E-state index in [4.69, 9.17) is 5.73 Å². The highest BCUT2D eigenvalue weighted by molar-refractivity contribution is 9.10. The molecule has 2 nitrogen and oxygen atoms in total. The predicted octanol–water partition coefficient (Wildman–Crippen LogP) is 3.34. The van der Waals surface area contributed by atoms with Gasteiger partial charge in [0.25, 0.3) is 0 Å². The first-order valence-electron chi connectivity index (χ1n) is 4.89. The molecule has 0 aromatic heterocycles. The van der Waals surface area contributed by atoms with Crippen molar-refractivity contribution >= 4 is 15.9 Å². The summed E-state index contributed by atoms with van der Waals surface area (Å²) in [7, 11) is 0. The minimum absolute atomic E-state index is 0.0106. The summed E-state index contributed by atoms with van der Waals surface area (Å²) >= 11 is 3.43. The molecular formula is C11H16BrNO. The van der Waals surface area contributed by atoms with Crippen molar-refractivity contribution in [2.45, 2.75) is 32.2 Å². The normalized spacial score (nSPS) is 12.8. The Kier molecular flexibility index (Phi) is 4.42.